The van der Waals surface area contributed by atoms with E-state index in [1.807, 2.05) is 34.6 Å². The molecule has 1 saturated carbocycles. The number of nitrogens with zero attached hydrogens (tertiary/aromatic N) is 1. The Morgan fingerprint density at radius 2 is 1.82 bits per heavy atom. The van der Waals surface area contributed by atoms with Gasteiger partial charge in [-0.15, -0.1) is 0 Å². The number of aliphatic hydroxyl groups excluding tert-OH is 2. The van der Waals surface area contributed by atoms with Gasteiger partial charge in [-0.3, -0.25) is 9.59 Å². The van der Waals surface area contributed by atoms with E-state index in [1.165, 1.54) is 6.08 Å². The van der Waals surface area contributed by atoms with Crippen LogP contribution in [0.2, 0.25) is 0 Å². The second kappa shape index (κ2) is 12.2. The number of unbranched alkanes of at least 4 members (excludes halogenated alkanes) is 2. The van der Waals surface area contributed by atoms with Gasteiger partial charge in [0.25, 0.3) is 0 Å². The van der Waals surface area contributed by atoms with Crippen LogP contribution in [0.1, 0.15) is 109 Å². The third-order valence-corrected chi connectivity index (χ3v) is 10.8. The summed E-state index contributed by atoms with van der Waals surface area (Å²) >= 11 is 0. The quantitative estimate of drug-likeness (QED) is 0.195. The lowest BCUT2D eigenvalue weighted by Gasteiger charge is -2.49. The Kier molecular flexibility index (Phi) is 9.42. The Morgan fingerprint density at radius 3 is 2.41 bits per heavy atom. The van der Waals surface area contributed by atoms with Crippen LogP contribution in [0.25, 0.3) is 0 Å². The molecule has 7 atom stereocenters. The van der Waals surface area contributed by atoms with Gasteiger partial charge in [-0.25, -0.2) is 4.79 Å². The summed E-state index contributed by atoms with van der Waals surface area (Å²) in [7, 11) is 0. The van der Waals surface area contributed by atoms with E-state index in [-0.39, 0.29) is 29.9 Å². The molecule has 244 valence electrons. The lowest BCUT2D eigenvalue weighted by Crippen LogP contribution is -2.65. The van der Waals surface area contributed by atoms with Crippen molar-refractivity contribution in [1.29, 1.82) is 0 Å². The zero-order chi connectivity index (χ0) is 32.8. The van der Waals surface area contributed by atoms with Crippen molar-refractivity contribution in [2.45, 2.75) is 124 Å². The van der Waals surface area contributed by atoms with E-state index in [0.29, 0.717) is 36.3 Å². The SMILES string of the molecule is CCCCCC(=O)O[C@]1(C)C[C@@H](C)C23C=C(C)C(OC(=O)c4c(CC)noc4CC)C2(O)C(O)C(CO)=CC(C3=O)C1(C)C. The van der Waals surface area contributed by atoms with Crippen molar-refractivity contribution in [2.75, 3.05) is 6.61 Å². The van der Waals surface area contributed by atoms with E-state index in [2.05, 4.69) is 12.1 Å². The molecule has 10 nitrogen and oxygen atoms in total. The molecule has 5 unspecified atom stereocenters. The van der Waals surface area contributed by atoms with Crippen LogP contribution >= 0.6 is 0 Å². The largest absolute Gasteiger partial charge is 0.459 e. The predicted octanol–water partition coefficient (Wildman–Crippen LogP) is 4.43. The molecule has 3 aliphatic carbocycles. The molecular formula is C34H49NO9. The van der Waals surface area contributed by atoms with E-state index in [9.17, 15) is 29.7 Å². The van der Waals surface area contributed by atoms with Crippen molar-refractivity contribution in [3.63, 3.8) is 0 Å². The molecule has 0 aromatic carbocycles. The van der Waals surface area contributed by atoms with Gasteiger partial charge in [-0.05, 0) is 50.2 Å². The topological polar surface area (TPSA) is 156 Å². The van der Waals surface area contributed by atoms with Crippen LogP contribution in [0.3, 0.4) is 0 Å². The smallest absolute Gasteiger partial charge is 0.344 e. The van der Waals surface area contributed by atoms with E-state index in [1.54, 1.807) is 19.9 Å². The molecule has 3 aliphatic rings. The number of carbonyl (C=O) groups is 3. The van der Waals surface area contributed by atoms with E-state index >= 15 is 0 Å². The van der Waals surface area contributed by atoms with Crippen LogP contribution in [0.15, 0.2) is 27.8 Å². The highest BCUT2D eigenvalue weighted by Gasteiger charge is 2.75. The number of rotatable bonds is 10. The van der Waals surface area contributed by atoms with E-state index in [0.717, 1.165) is 12.8 Å². The summed E-state index contributed by atoms with van der Waals surface area (Å²) in [6, 6.07) is 0. The Balaban J connectivity index is 1.86. The molecule has 0 saturated heterocycles. The fourth-order valence-corrected chi connectivity index (χ4v) is 7.89. The lowest BCUT2D eigenvalue weighted by atomic mass is 9.59. The zero-order valence-corrected chi connectivity index (χ0v) is 27.4. The first-order valence-electron chi connectivity index (χ1n) is 16.0. The van der Waals surface area contributed by atoms with Crippen molar-refractivity contribution < 1.29 is 43.7 Å². The number of fused-ring (bicyclic) bond motifs is 1. The molecule has 1 heterocycles. The van der Waals surface area contributed by atoms with Crippen molar-refractivity contribution in [3.8, 4) is 0 Å². The first-order valence-corrected chi connectivity index (χ1v) is 16.0. The van der Waals surface area contributed by atoms with Crippen LogP contribution in [-0.4, -0.2) is 68.2 Å². The number of ketones is 1. The number of carbonyl (C=O) groups excluding carboxylic acids is 3. The van der Waals surface area contributed by atoms with Gasteiger partial charge in [0.1, 0.15) is 17.3 Å². The number of Topliss-reactive ketones (excluding diaryl/α,β-unsaturated/α-hetero) is 1. The highest BCUT2D eigenvalue weighted by Crippen LogP contribution is 2.64. The first-order chi connectivity index (χ1) is 20.6. The minimum Gasteiger partial charge on any atom is -0.459 e. The molecule has 1 aromatic rings. The second-order valence-corrected chi connectivity index (χ2v) is 13.6. The summed E-state index contributed by atoms with van der Waals surface area (Å²) in [6.07, 6.45) is 3.72. The van der Waals surface area contributed by atoms with Gasteiger partial charge < -0.3 is 29.3 Å². The summed E-state index contributed by atoms with van der Waals surface area (Å²) < 4.78 is 17.6. The number of aryl methyl sites for hydroxylation is 2. The molecule has 4 rings (SSSR count). The number of hydrogen-bond donors (Lipinski definition) is 3. The number of esters is 2. The summed E-state index contributed by atoms with van der Waals surface area (Å²) in [6.45, 7) is 14.0. The van der Waals surface area contributed by atoms with Crippen LogP contribution in [0.4, 0.5) is 0 Å². The summed E-state index contributed by atoms with van der Waals surface area (Å²) in [5, 5.41) is 39.2. The standard InChI is InChI=1S/C34H49NO9/c1-9-12-13-14-25(37)43-32(8)17-20(5)33-16-19(4)29(42-30(40)26-23(10-2)35-44-24(26)11-3)34(33,41)27(38)21(18-36)15-22(28(33)39)31(32,6)7/h15-16,20,22,27,29,36,38,41H,9-14,17-18H2,1-8H3/t20-,22?,27?,29?,32-,33?,34?/m1/s1. The normalized spacial score (nSPS) is 34.4. The maximum atomic E-state index is 14.9. The number of ether oxygens (including phenoxy) is 2. The summed E-state index contributed by atoms with van der Waals surface area (Å²) in [5.74, 6) is -2.84. The average Bonchev–Trinajstić information content (AvgIpc) is 3.46. The Labute approximate surface area is 259 Å². The highest BCUT2D eigenvalue weighted by molar-refractivity contribution is 5.96. The molecule has 10 heteroatoms. The van der Waals surface area contributed by atoms with Crippen LogP contribution in [0, 0.1) is 22.7 Å². The maximum Gasteiger partial charge on any atom is 0.344 e. The van der Waals surface area contributed by atoms with Crippen LogP contribution in [0.5, 0.6) is 0 Å². The molecule has 3 N–H and O–H groups in total. The van der Waals surface area contributed by atoms with Crippen molar-refractivity contribution in [2.24, 2.45) is 22.7 Å². The fourth-order valence-electron chi connectivity index (χ4n) is 7.89. The van der Waals surface area contributed by atoms with Gasteiger partial charge in [0.15, 0.2) is 23.2 Å². The Morgan fingerprint density at radius 1 is 1.14 bits per heavy atom. The number of allylic oxidation sites excluding steroid dienone is 1. The van der Waals surface area contributed by atoms with Gasteiger partial charge >= 0.3 is 11.9 Å². The Hall–Kier alpha value is -2.82. The van der Waals surface area contributed by atoms with Crippen molar-refractivity contribution >= 4 is 17.7 Å². The highest BCUT2D eigenvalue weighted by atomic mass is 16.6. The molecular weight excluding hydrogens is 566 g/mol. The zero-order valence-electron chi connectivity index (χ0n) is 27.4. The number of aromatic nitrogens is 1. The van der Waals surface area contributed by atoms with E-state index < -0.39 is 64.4 Å². The fraction of sp³-hybridized carbons (Fsp3) is 0.706. The summed E-state index contributed by atoms with van der Waals surface area (Å²) in [4.78, 5) is 41.8. The third kappa shape index (κ3) is 4.88. The number of hydrogen-bond acceptors (Lipinski definition) is 10. The second-order valence-electron chi connectivity index (χ2n) is 13.6. The summed E-state index contributed by atoms with van der Waals surface area (Å²) in [5.41, 5.74) is -5.26. The minimum atomic E-state index is -2.37. The average molecular weight is 616 g/mol. The lowest BCUT2D eigenvalue weighted by molar-refractivity contribution is -0.192. The number of aliphatic hydroxyl groups is 3. The molecule has 1 spiro atoms. The Bertz CT molecular complexity index is 1340. The van der Waals surface area contributed by atoms with E-state index in [4.69, 9.17) is 14.0 Å². The van der Waals surface area contributed by atoms with Crippen molar-refractivity contribution in [3.05, 3.63) is 40.3 Å². The van der Waals surface area contributed by atoms with Gasteiger partial charge in [0.2, 0.25) is 0 Å². The van der Waals surface area contributed by atoms with Gasteiger partial charge in [-0.2, -0.15) is 0 Å². The minimum absolute atomic E-state index is 0.0316. The maximum absolute atomic E-state index is 14.9. The molecule has 0 aliphatic heterocycles. The molecule has 1 aromatic heterocycles. The molecule has 1 fully saturated rings. The molecule has 2 bridgehead atoms. The predicted molar refractivity (Wildman–Crippen MR) is 161 cm³/mol. The molecule has 44 heavy (non-hydrogen) atoms. The van der Waals surface area contributed by atoms with Gasteiger partial charge in [0, 0.05) is 24.2 Å². The molecule has 0 amide bonds. The van der Waals surface area contributed by atoms with Gasteiger partial charge in [0.05, 0.1) is 17.7 Å². The third-order valence-electron chi connectivity index (χ3n) is 10.8. The monoisotopic (exact) mass is 615 g/mol. The van der Waals surface area contributed by atoms with Crippen molar-refractivity contribution in [1.82, 2.24) is 5.16 Å². The van der Waals surface area contributed by atoms with Crippen LogP contribution < -0.4 is 0 Å². The molecule has 0 radical (unpaired) electrons. The van der Waals surface area contributed by atoms with Gasteiger partial charge in [-0.1, -0.05) is 71.7 Å². The van der Waals surface area contributed by atoms with Crippen LogP contribution in [-0.2, 0) is 31.9 Å². The first kappa shape index (κ1) is 34.1.